The Morgan fingerprint density at radius 1 is 1.04 bits per heavy atom. The number of ether oxygens (including phenoxy) is 1. The highest BCUT2D eigenvalue weighted by atomic mass is 16.5. The van der Waals surface area contributed by atoms with Crippen molar-refractivity contribution in [2.45, 2.75) is 45.6 Å². The molecular formula is C20H25NO3. The van der Waals surface area contributed by atoms with E-state index in [2.05, 4.69) is 19.1 Å². The number of carbonyl (C=O) groups is 1. The van der Waals surface area contributed by atoms with E-state index in [-0.39, 0.29) is 5.91 Å². The average Bonchev–Trinajstić information content (AvgIpc) is 2.93. The molecule has 2 aromatic rings. The summed E-state index contributed by atoms with van der Waals surface area (Å²) in [6, 6.07) is 11.6. The summed E-state index contributed by atoms with van der Waals surface area (Å²) >= 11 is 0. The summed E-state index contributed by atoms with van der Waals surface area (Å²) in [7, 11) is 0. The van der Waals surface area contributed by atoms with Crippen LogP contribution in [-0.4, -0.2) is 23.9 Å². The third-order valence-corrected chi connectivity index (χ3v) is 4.48. The zero-order valence-electron chi connectivity index (χ0n) is 14.3. The normalized spacial score (nSPS) is 15.1. The molecule has 0 radical (unpaired) electrons. The van der Waals surface area contributed by atoms with Gasteiger partial charge in [0.25, 0.3) is 5.91 Å². The van der Waals surface area contributed by atoms with Gasteiger partial charge in [-0.25, -0.2) is 0 Å². The van der Waals surface area contributed by atoms with E-state index in [1.54, 1.807) is 6.07 Å². The first-order valence-electron chi connectivity index (χ1n) is 8.86. The summed E-state index contributed by atoms with van der Waals surface area (Å²) in [6.45, 7) is 4.12. The standard InChI is InChI=1S/C20H25NO3/c1-2-16-7-9-17(10-8-16)23-15-18-11-12-19(24-18)20(22)21-13-5-3-4-6-14-21/h7-12H,2-6,13-15H2,1H3. The smallest absolute Gasteiger partial charge is 0.289 e. The van der Waals surface area contributed by atoms with Gasteiger partial charge < -0.3 is 14.1 Å². The van der Waals surface area contributed by atoms with Crippen LogP contribution >= 0.6 is 0 Å². The van der Waals surface area contributed by atoms with Gasteiger partial charge in [-0.3, -0.25) is 4.79 Å². The van der Waals surface area contributed by atoms with Gasteiger partial charge in [-0.15, -0.1) is 0 Å². The average molecular weight is 327 g/mol. The summed E-state index contributed by atoms with van der Waals surface area (Å²) in [4.78, 5) is 14.4. The Labute approximate surface area is 143 Å². The van der Waals surface area contributed by atoms with Gasteiger partial charge in [-0.05, 0) is 49.1 Å². The molecule has 3 rings (SSSR count). The van der Waals surface area contributed by atoms with Crippen molar-refractivity contribution in [3.05, 3.63) is 53.5 Å². The van der Waals surface area contributed by atoms with Crippen molar-refractivity contribution in [3.8, 4) is 5.75 Å². The van der Waals surface area contributed by atoms with E-state index in [0.717, 1.165) is 38.1 Å². The molecule has 2 heterocycles. The Bertz CT molecular complexity index is 652. The zero-order chi connectivity index (χ0) is 16.8. The molecule has 4 nitrogen and oxygen atoms in total. The number of aryl methyl sites for hydroxylation is 1. The fourth-order valence-corrected chi connectivity index (χ4v) is 2.98. The monoisotopic (exact) mass is 327 g/mol. The molecule has 0 aliphatic carbocycles. The number of nitrogens with zero attached hydrogens (tertiary/aromatic N) is 1. The molecule has 0 atom stereocenters. The highest BCUT2D eigenvalue weighted by Gasteiger charge is 2.20. The van der Waals surface area contributed by atoms with Crippen LogP contribution in [0.25, 0.3) is 0 Å². The van der Waals surface area contributed by atoms with Gasteiger partial charge in [0, 0.05) is 13.1 Å². The van der Waals surface area contributed by atoms with E-state index < -0.39 is 0 Å². The molecule has 4 heteroatoms. The number of hydrogen-bond acceptors (Lipinski definition) is 3. The Morgan fingerprint density at radius 3 is 2.42 bits per heavy atom. The largest absolute Gasteiger partial charge is 0.486 e. The number of likely N-dealkylation sites (tertiary alicyclic amines) is 1. The topological polar surface area (TPSA) is 42.7 Å². The van der Waals surface area contributed by atoms with Crippen molar-refractivity contribution >= 4 is 5.91 Å². The lowest BCUT2D eigenvalue weighted by atomic mass is 10.2. The van der Waals surface area contributed by atoms with Crippen molar-refractivity contribution in [3.63, 3.8) is 0 Å². The quantitative estimate of drug-likeness (QED) is 0.815. The fraction of sp³-hybridized carbons (Fsp3) is 0.450. The Balaban J connectivity index is 1.57. The minimum Gasteiger partial charge on any atom is -0.486 e. The first-order chi connectivity index (χ1) is 11.8. The van der Waals surface area contributed by atoms with E-state index in [1.165, 1.54) is 18.4 Å². The van der Waals surface area contributed by atoms with Crippen LogP contribution in [0.15, 0.2) is 40.8 Å². The molecule has 1 aliphatic rings. The molecule has 0 spiro atoms. The van der Waals surface area contributed by atoms with Crippen molar-refractivity contribution in [2.24, 2.45) is 0 Å². The molecule has 1 saturated heterocycles. The molecule has 128 valence electrons. The Kier molecular flexibility index (Phi) is 5.57. The van der Waals surface area contributed by atoms with Gasteiger partial charge in [-0.2, -0.15) is 0 Å². The van der Waals surface area contributed by atoms with E-state index in [4.69, 9.17) is 9.15 Å². The summed E-state index contributed by atoms with van der Waals surface area (Å²) in [6.07, 6.45) is 5.59. The van der Waals surface area contributed by atoms with E-state index in [9.17, 15) is 4.79 Å². The molecule has 1 aromatic carbocycles. The molecule has 1 fully saturated rings. The second kappa shape index (κ2) is 8.04. The van der Waals surface area contributed by atoms with E-state index >= 15 is 0 Å². The number of rotatable bonds is 5. The van der Waals surface area contributed by atoms with E-state index in [0.29, 0.717) is 18.1 Å². The molecule has 0 N–H and O–H groups in total. The lowest BCUT2D eigenvalue weighted by Gasteiger charge is -2.18. The zero-order valence-corrected chi connectivity index (χ0v) is 14.3. The first-order valence-corrected chi connectivity index (χ1v) is 8.86. The van der Waals surface area contributed by atoms with Crippen molar-refractivity contribution in [1.29, 1.82) is 0 Å². The lowest BCUT2D eigenvalue weighted by molar-refractivity contribution is 0.0725. The summed E-state index contributed by atoms with van der Waals surface area (Å²) in [5.41, 5.74) is 1.28. The molecule has 1 aliphatic heterocycles. The van der Waals surface area contributed by atoms with Crippen LogP contribution in [0, 0.1) is 0 Å². The first kappa shape index (κ1) is 16.6. The maximum absolute atomic E-state index is 12.5. The second-order valence-corrected chi connectivity index (χ2v) is 6.26. The Hall–Kier alpha value is -2.23. The number of carbonyl (C=O) groups excluding carboxylic acids is 1. The van der Waals surface area contributed by atoms with Gasteiger partial charge in [0.15, 0.2) is 5.76 Å². The second-order valence-electron chi connectivity index (χ2n) is 6.26. The number of amides is 1. The number of benzene rings is 1. The number of furan rings is 1. The molecular weight excluding hydrogens is 302 g/mol. The predicted octanol–water partition coefficient (Wildman–Crippen LogP) is 4.44. The summed E-state index contributed by atoms with van der Waals surface area (Å²) < 4.78 is 11.4. The molecule has 1 amide bonds. The third kappa shape index (κ3) is 4.19. The highest BCUT2D eigenvalue weighted by Crippen LogP contribution is 2.18. The molecule has 0 unspecified atom stereocenters. The highest BCUT2D eigenvalue weighted by molar-refractivity contribution is 5.91. The van der Waals surface area contributed by atoms with Crippen LogP contribution in [0.5, 0.6) is 5.75 Å². The maximum Gasteiger partial charge on any atom is 0.289 e. The van der Waals surface area contributed by atoms with Gasteiger partial charge in [0.05, 0.1) is 0 Å². The van der Waals surface area contributed by atoms with Crippen LogP contribution in [-0.2, 0) is 13.0 Å². The van der Waals surface area contributed by atoms with Crippen LogP contribution in [0.2, 0.25) is 0 Å². The van der Waals surface area contributed by atoms with Gasteiger partial charge >= 0.3 is 0 Å². The van der Waals surface area contributed by atoms with Crippen LogP contribution in [0.3, 0.4) is 0 Å². The van der Waals surface area contributed by atoms with Crippen molar-refractivity contribution in [2.75, 3.05) is 13.1 Å². The van der Waals surface area contributed by atoms with Crippen molar-refractivity contribution in [1.82, 2.24) is 4.90 Å². The summed E-state index contributed by atoms with van der Waals surface area (Å²) in [5.74, 6) is 1.89. The van der Waals surface area contributed by atoms with Crippen molar-refractivity contribution < 1.29 is 13.9 Å². The van der Waals surface area contributed by atoms with E-state index in [1.807, 2.05) is 23.1 Å². The minimum atomic E-state index is -0.00421. The van der Waals surface area contributed by atoms with Gasteiger partial charge in [0.1, 0.15) is 18.1 Å². The summed E-state index contributed by atoms with van der Waals surface area (Å²) in [5, 5.41) is 0. The van der Waals surface area contributed by atoms with Crippen LogP contribution < -0.4 is 4.74 Å². The maximum atomic E-state index is 12.5. The third-order valence-electron chi connectivity index (χ3n) is 4.48. The predicted molar refractivity (Wildman–Crippen MR) is 93.2 cm³/mol. The van der Waals surface area contributed by atoms with Gasteiger partial charge in [-0.1, -0.05) is 31.9 Å². The minimum absolute atomic E-state index is 0.00421. The van der Waals surface area contributed by atoms with Gasteiger partial charge in [0.2, 0.25) is 0 Å². The molecule has 0 bridgehead atoms. The Morgan fingerprint density at radius 2 is 1.75 bits per heavy atom. The number of hydrogen-bond donors (Lipinski definition) is 0. The molecule has 0 saturated carbocycles. The van der Waals surface area contributed by atoms with Crippen LogP contribution in [0.4, 0.5) is 0 Å². The van der Waals surface area contributed by atoms with Crippen LogP contribution in [0.1, 0.15) is 54.5 Å². The molecule has 24 heavy (non-hydrogen) atoms. The fourth-order valence-electron chi connectivity index (χ4n) is 2.98. The SMILES string of the molecule is CCc1ccc(OCc2ccc(C(=O)N3CCCCCC3)o2)cc1. The lowest BCUT2D eigenvalue weighted by Crippen LogP contribution is -2.31. The molecule has 1 aromatic heterocycles.